The predicted molar refractivity (Wildman–Crippen MR) is 82.1 cm³/mol. The summed E-state index contributed by atoms with van der Waals surface area (Å²) in [5.41, 5.74) is 0. The molecule has 1 aromatic heterocycles. The summed E-state index contributed by atoms with van der Waals surface area (Å²) in [6.07, 6.45) is 7.76. The van der Waals surface area contributed by atoms with E-state index in [0.717, 1.165) is 36.5 Å². The van der Waals surface area contributed by atoms with Crippen LogP contribution in [0.3, 0.4) is 0 Å². The largest absolute Gasteiger partial charge is 0.544 e. The van der Waals surface area contributed by atoms with Gasteiger partial charge in [-0.05, 0) is 42.5 Å². The minimum atomic E-state index is -3.79. The fourth-order valence-electron chi connectivity index (χ4n) is 3.92. The molecule has 1 aromatic rings. The van der Waals surface area contributed by atoms with Gasteiger partial charge in [0, 0.05) is 6.04 Å². The van der Waals surface area contributed by atoms with Crippen molar-refractivity contribution in [2.45, 2.75) is 55.9 Å². The summed E-state index contributed by atoms with van der Waals surface area (Å²) < 4.78 is 27.6. The van der Waals surface area contributed by atoms with Crippen LogP contribution in [0.15, 0.2) is 16.3 Å². The molecule has 0 spiro atoms. The van der Waals surface area contributed by atoms with Crippen LogP contribution in [-0.2, 0) is 10.0 Å². The minimum Gasteiger partial charge on any atom is -0.544 e. The fraction of sp³-hybridized carbons (Fsp3) is 0.667. The second kappa shape index (κ2) is 6.29. The fourth-order valence-corrected chi connectivity index (χ4v) is 6.46. The molecule has 0 radical (unpaired) electrons. The minimum absolute atomic E-state index is 0.0844. The Morgan fingerprint density at radius 3 is 2.64 bits per heavy atom. The van der Waals surface area contributed by atoms with Crippen LogP contribution in [0.4, 0.5) is 0 Å². The molecule has 122 valence electrons. The summed E-state index contributed by atoms with van der Waals surface area (Å²) in [4.78, 5) is 10.6. The molecule has 7 heteroatoms. The molecule has 5 nitrogen and oxygen atoms in total. The number of nitrogens with one attached hydrogen (secondary N) is 1. The van der Waals surface area contributed by atoms with Crippen molar-refractivity contribution in [2.24, 2.45) is 11.8 Å². The predicted octanol–water partition coefficient (Wildman–Crippen LogP) is 1.75. The van der Waals surface area contributed by atoms with Crippen molar-refractivity contribution in [3.8, 4) is 0 Å². The molecule has 1 heterocycles. The Kier molecular flexibility index (Phi) is 4.56. The highest BCUT2D eigenvalue weighted by molar-refractivity contribution is 7.89. The lowest BCUT2D eigenvalue weighted by Crippen LogP contribution is -2.42. The smallest absolute Gasteiger partial charge is 0.242 e. The summed E-state index contributed by atoms with van der Waals surface area (Å²) in [7, 11) is -3.79. The topological polar surface area (TPSA) is 86.3 Å². The third-order valence-corrected chi connectivity index (χ3v) is 7.55. The van der Waals surface area contributed by atoms with Crippen molar-refractivity contribution in [3.63, 3.8) is 0 Å². The molecule has 0 bridgehead atoms. The molecule has 2 fully saturated rings. The van der Waals surface area contributed by atoms with E-state index in [9.17, 15) is 18.3 Å². The van der Waals surface area contributed by atoms with Gasteiger partial charge in [-0.25, -0.2) is 13.1 Å². The molecular formula is C15H20NO4S2-. The number of rotatable bonds is 4. The van der Waals surface area contributed by atoms with Gasteiger partial charge in [-0.1, -0.05) is 25.7 Å². The monoisotopic (exact) mass is 342 g/mol. The van der Waals surface area contributed by atoms with Crippen LogP contribution in [0.1, 0.15) is 54.6 Å². The van der Waals surface area contributed by atoms with E-state index in [1.165, 1.54) is 37.1 Å². The maximum atomic E-state index is 12.5. The van der Waals surface area contributed by atoms with Gasteiger partial charge < -0.3 is 9.90 Å². The highest BCUT2D eigenvalue weighted by atomic mass is 32.2. The third kappa shape index (κ3) is 3.21. The van der Waals surface area contributed by atoms with E-state index in [-0.39, 0.29) is 15.8 Å². The molecule has 3 rings (SSSR count). The van der Waals surface area contributed by atoms with Crippen molar-refractivity contribution >= 4 is 27.3 Å². The number of thiophene rings is 1. The van der Waals surface area contributed by atoms with Crippen molar-refractivity contribution in [1.82, 2.24) is 4.72 Å². The summed E-state index contributed by atoms with van der Waals surface area (Å²) in [6.45, 7) is 0. The second-order valence-corrected chi connectivity index (χ2v) is 8.94. The quantitative estimate of drug-likeness (QED) is 0.903. The maximum Gasteiger partial charge on any atom is 0.242 e. The van der Waals surface area contributed by atoms with Crippen LogP contribution in [-0.4, -0.2) is 20.4 Å². The first-order chi connectivity index (χ1) is 10.5. The van der Waals surface area contributed by atoms with E-state index in [2.05, 4.69) is 4.72 Å². The molecule has 3 atom stereocenters. The maximum absolute atomic E-state index is 12.5. The van der Waals surface area contributed by atoms with Crippen molar-refractivity contribution in [2.75, 3.05) is 0 Å². The van der Waals surface area contributed by atoms with E-state index in [0.29, 0.717) is 5.92 Å². The number of carboxylic acids is 1. The number of aromatic carboxylic acids is 1. The summed E-state index contributed by atoms with van der Waals surface area (Å²) in [6, 6.07) is 1.25. The van der Waals surface area contributed by atoms with E-state index in [4.69, 9.17) is 0 Å². The first kappa shape index (κ1) is 16.0. The Morgan fingerprint density at radius 2 is 1.91 bits per heavy atom. The molecule has 22 heavy (non-hydrogen) atoms. The molecule has 2 aliphatic carbocycles. The number of fused-ring (bicyclic) bond motifs is 1. The van der Waals surface area contributed by atoms with Crippen LogP contribution >= 0.6 is 11.3 Å². The standard InChI is InChI=1S/C15H21NO4S2/c17-15(18)14-13(7-8-21-14)22(19,20)16-12-6-5-10-3-1-2-4-11(10)9-12/h7-8,10-12,16H,1-6,9H2,(H,17,18)/p-1/t10-,11+,12+/m0/s1. The first-order valence-electron chi connectivity index (χ1n) is 7.78. The molecule has 0 amide bonds. The Balaban J connectivity index is 1.72. The van der Waals surface area contributed by atoms with E-state index in [1.807, 2.05) is 0 Å². The Labute approximate surface area is 134 Å². The Hall–Kier alpha value is -0.920. The van der Waals surface area contributed by atoms with Crippen molar-refractivity contribution in [3.05, 3.63) is 16.3 Å². The zero-order valence-corrected chi connectivity index (χ0v) is 13.9. The number of sulfonamides is 1. The highest BCUT2D eigenvalue weighted by Crippen LogP contribution is 2.40. The molecule has 1 N–H and O–H groups in total. The number of carboxylic acid groups (broad SMARTS) is 1. The highest BCUT2D eigenvalue weighted by Gasteiger charge is 2.34. The average molecular weight is 342 g/mol. The lowest BCUT2D eigenvalue weighted by molar-refractivity contribution is -0.254. The number of hydrogen-bond acceptors (Lipinski definition) is 5. The van der Waals surface area contributed by atoms with Gasteiger partial charge in [-0.3, -0.25) is 0 Å². The van der Waals surface area contributed by atoms with Gasteiger partial charge in [-0.2, -0.15) is 0 Å². The normalized spacial score (nSPS) is 29.0. The SMILES string of the molecule is O=C([O-])c1sccc1S(=O)(=O)N[C@@H]1CC[C@@H]2CCCC[C@@H]2C1. The first-order valence-corrected chi connectivity index (χ1v) is 10.1. The molecule has 2 aliphatic rings. The molecule has 2 saturated carbocycles. The van der Waals surface area contributed by atoms with Gasteiger partial charge >= 0.3 is 0 Å². The van der Waals surface area contributed by atoms with Crippen LogP contribution in [0.25, 0.3) is 0 Å². The average Bonchev–Trinajstić information content (AvgIpc) is 2.97. The van der Waals surface area contributed by atoms with Crippen LogP contribution < -0.4 is 9.83 Å². The van der Waals surface area contributed by atoms with E-state index >= 15 is 0 Å². The zero-order valence-electron chi connectivity index (χ0n) is 12.3. The lowest BCUT2D eigenvalue weighted by atomic mass is 9.70. The van der Waals surface area contributed by atoms with Gasteiger partial charge in [-0.15, -0.1) is 11.3 Å². The van der Waals surface area contributed by atoms with Crippen molar-refractivity contribution in [1.29, 1.82) is 0 Å². The van der Waals surface area contributed by atoms with Gasteiger partial charge in [0.15, 0.2) is 0 Å². The van der Waals surface area contributed by atoms with Gasteiger partial charge in [0.1, 0.15) is 4.90 Å². The van der Waals surface area contributed by atoms with E-state index < -0.39 is 16.0 Å². The zero-order chi connectivity index (χ0) is 15.7. The molecule has 0 unspecified atom stereocenters. The number of carbonyl (C=O) groups excluding carboxylic acids is 1. The number of hydrogen-bond donors (Lipinski definition) is 1. The van der Waals surface area contributed by atoms with Gasteiger partial charge in [0.05, 0.1) is 10.8 Å². The molecule has 0 aliphatic heterocycles. The molecule has 0 saturated heterocycles. The van der Waals surface area contributed by atoms with Crippen molar-refractivity contribution < 1.29 is 18.3 Å². The van der Waals surface area contributed by atoms with Gasteiger partial charge in [0.2, 0.25) is 10.0 Å². The van der Waals surface area contributed by atoms with Crippen LogP contribution in [0.2, 0.25) is 0 Å². The van der Waals surface area contributed by atoms with Crippen LogP contribution in [0, 0.1) is 11.8 Å². The Bertz CT molecular complexity index is 652. The van der Waals surface area contributed by atoms with Crippen LogP contribution in [0.5, 0.6) is 0 Å². The second-order valence-electron chi connectivity index (χ2n) is 6.34. The summed E-state index contributed by atoms with van der Waals surface area (Å²) in [5, 5.41) is 12.5. The Morgan fingerprint density at radius 1 is 1.18 bits per heavy atom. The lowest BCUT2D eigenvalue weighted by Gasteiger charge is -2.39. The summed E-state index contributed by atoms with van der Waals surface area (Å²) >= 11 is 0.884. The summed E-state index contributed by atoms with van der Waals surface area (Å²) in [5.74, 6) is -0.0842. The number of carbonyl (C=O) groups is 1. The van der Waals surface area contributed by atoms with Gasteiger partial charge in [0.25, 0.3) is 0 Å². The van der Waals surface area contributed by atoms with E-state index in [1.54, 1.807) is 0 Å². The third-order valence-electron chi connectivity index (χ3n) is 4.97. The molecule has 0 aromatic carbocycles. The molecular weight excluding hydrogens is 322 g/mol.